The van der Waals surface area contributed by atoms with Crippen molar-refractivity contribution in [2.45, 2.75) is 26.8 Å². The molecule has 0 aliphatic carbocycles. The monoisotopic (exact) mass is 336 g/mol. The Labute approximate surface area is 126 Å². The van der Waals surface area contributed by atoms with Crippen molar-refractivity contribution in [1.82, 2.24) is 4.57 Å². The minimum Gasteiger partial charge on any atom is -0.508 e. The minimum atomic E-state index is -0.183. The lowest BCUT2D eigenvalue weighted by molar-refractivity contribution is 0.101. The molecule has 20 heavy (non-hydrogen) atoms. The van der Waals surface area contributed by atoms with E-state index < -0.39 is 0 Å². The number of nitrogens with zero attached hydrogens (tertiary/aromatic N) is 1. The zero-order valence-corrected chi connectivity index (χ0v) is 13.1. The van der Waals surface area contributed by atoms with Crippen LogP contribution >= 0.6 is 15.9 Å². The van der Waals surface area contributed by atoms with Crippen LogP contribution in [-0.4, -0.2) is 15.6 Å². The normalized spacial score (nSPS) is 10.6. The summed E-state index contributed by atoms with van der Waals surface area (Å²) in [5.41, 5.74) is 1.88. The van der Waals surface area contributed by atoms with Crippen LogP contribution in [-0.2, 0) is 6.54 Å². The van der Waals surface area contributed by atoms with E-state index in [1.807, 2.05) is 10.8 Å². The smallest absolute Gasteiger partial charge is 0.272 e. The van der Waals surface area contributed by atoms with Crippen molar-refractivity contribution in [2.24, 2.45) is 0 Å². The third-order valence-corrected chi connectivity index (χ3v) is 3.55. The Bertz CT molecular complexity index is 635. The van der Waals surface area contributed by atoms with Crippen LogP contribution in [0, 0.1) is 6.92 Å². The molecule has 1 aromatic carbocycles. The topological polar surface area (TPSA) is 54.3 Å². The molecule has 0 fully saturated rings. The number of aromatic nitrogens is 1. The summed E-state index contributed by atoms with van der Waals surface area (Å²) in [7, 11) is 0. The van der Waals surface area contributed by atoms with E-state index in [2.05, 4.69) is 28.2 Å². The molecule has 2 aromatic rings. The summed E-state index contributed by atoms with van der Waals surface area (Å²) in [6, 6.07) is 6.87. The van der Waals surface area contributed by atoms with Gasteiger partial charge in [0, 0.05) is 28.5 Å². The quantitative estimate of drug-likeness (QED) is 0.888. The van der Waals surface area contributed by atoms with Crippen molar-refractivity contribution in [2.75, 3.05) is 5.32 Å². The number of nitrogens with one attached hydrogen (secondary N) is 1. The highest BCUT2D eigenvalue weighted by Crippen LogP contribution is 2.25. The third-order valence-electron chi connectivity index (χ3n) is 3.11. The standard InChI is InChI=1S/C15H17BrN2O2/c1-3-7-18-9-11(16)8-13(18)15(20)17-12-5-4-6-14(19)10(12)2/h4-6,8-9,19H,3,7H2,1-2H3,(H,17,20). The average Bonchev–Trinajstić information content (AvgIpc) is 2.76. The van der Waals surface area contributed by atoms with Crippen LogP contribution in [0.4, 0.5) is 5.69 Å². The second kappa shape index (κ2) is 6.13. The van der Waals surface area contributed by atoms with E-state index in [0.717, 1.165) is 17.4 Å². The van der Waals surface area contributed by atoms with Crippen LogP contribution in [0.25, 0.3) is 0 Å². The number of hydrogen-bond donors (Lipinski definition) is 2. The first kappa shape index (κ1) is 14.7. The van der Waals surface area contributed by atoms with Gasteiger partial charge in [-0.25, -0.2) is 0 Å². The third kappa shape index (κ3) is 3.04. The Morgan fingerprint density at radius 3 is 2.90 bits per heavy atom. The van der Waals surface area contributed by atoms with Crippen molar-refractivity contribution in [3.8, 4) is 5.75 Å². The Kier molecular flexibility index (Phi) is 4.49. The molecule has 0 unspecified atom stereocenters. The summed E-state index contributed by atoms with van der Waals surface area (Å²) in [4.78, 5) is 12.4. The number of anilines is 1. The van der Waals surface area contributed by atoms with Crippen molar-refractivity contribution in [3.63, 3.8) is 0 Å². The first-order valence-electron chi connectivity index (χ1n) is 6.48. The van der Waals surface area contributed by atoms with E-state index in [-0.39, 0.29) is 11.7 Å². The lowest BCUT2D eigenvalue weighted by atomic mass is 10.2. The second-order valence-electron chi connectivity index (χ2n) is 4.64. The SMILES string of the molecule is CCCn1cc(Br)cc1C(=O)Nc1cccc(O)c1C. The van der Waals surface area contributed by atoms with Crippen LogP contribution in [0.15, 0.2) is 34.9 Å². The van der Waals surface area contributed by atoms with Crippen LogP contribution in [0.1, 0.15) is 29.4 Å². The van der Waals surface area contributed by atoms with E-state index in [9.17, 15) is 9.90 Å². The number of phenolic OH excluding ortho intramolecular Hbond substituents is 1. The Balaban J connectivity index is 2.26. The highest BCUT2D eigenvalue weighted by atomic mass is 79.9. The van der Waals surface area contributed by atoms with Crippen molar-refractivity contribution < 1.29 is 9.90 Å². The minimum absolute atomic E-state index is 0.174. The maximum atomic E-state index is 12.4. The molecule has 0 bridgehead atoms. The molecule has 4 nitrogen and oxygen atoms in total. The molecule has 1 heterocycles. The maximum Gasteiger partial charge on any atom is 0.272 e. The van der Waals surface area contributed by atoms with Gasteiger partial charge in [-0.2, -0.15) is 0 Å². The number of aromatic hydroxyl groups is 1. The van der Waals surface area contributed by atoms with Crippen LogP contribution in [0.5, 0.6) is 5.75 Å². The maximum absolute atomic E-state index is 12.4. The second-order valence-corrected chi connectivity index (χ2v) is 5.56. The van der Waals surface area contributed by atoms with Gasteiger partial charge in [-0.15, -0.1) is 0 Å². The fourth-order valence-corrected chi connectivity index (χ4v) is 2.50. The molecule has 0 aliphatic heterocycles. The van der Waals surface area contributed by atoms with Gasteiger partial charge in [-0.3, -0.25) is 4.79 Å². The van der Waals surface area contributed by atoms with Crippen molar-refractivity contribution in [1.29, 1.82) is 0 Å². The lowest BCUT2D eigenvalue weighted by Gasteiger charge is -2.11. The molecule has 0 atom stereocenters. The van der Waals surface area contributed by atoms with Gasteiger partial charge in [0.25, 0.3) is 5.91 Å². The number of carbonyl (C=O) groups is 1. The van der Waals surface area contributed by atoms with Crippen LogP contribution < -0.4 is 5.32 Å². The van der Waals surface area contributed by atoms with E-state index >= 15 is 0 Å². The Morgan fingerprint density at radius 1 is 1.45 bits per heavy atom. The van der Waals surface area contributed by atoms with E-state index in [1.165, 1.54) is 0 Å². The first-order chi connectivity index (χ1) is 9.52. The van der Waals surface area contributed by atoms with Crippen LogP contribution in [0.2, 0.25) is 0 Å². The molecule has 2 N–H and O–H groups in total. The molecule has 0 radical (unpaired) electrons. The van der Waals surface area contributed by atoms with E-state index in [1.54, 1.807) is 31.2 Å². The van der Waals surface area contributed by atoms with Crippen molar-refractivity contribution >= 4 is 27.5 Å². The summed E-state index contributed by atoms with van der Waals surface area (Å²) in [6.07, 6.45) is 2.85. The summed E-state index contributed by atoms with van der Waals surface area (Å²) >= 11 is 3.39. The van der Waals surface area contributed by atoms with E-state index in [0.29, 0.717) is 16.9 Å². The van der Waals surface area contributed by atoms with Gasteiger partial charge in [0.2, 0.25) is 0 Å². The molecular weight excluding hydrogens is 320 g/mol. The van der Waals surface area contributed by atoms with Gasteiger partial charge >= 0.3 is 0 Å². The lowest BCUT2D eigenvalue weighted by Crippen LogP contribution is -2.17. The summed E-state index contributed by atoms with van der Waals surface area (Å²) < 4.78 is 2.79. The van der Waals surface area contributed by atoms with Gasteiger partial charge in [-0.1, -0.05) is 13.0 Å². The highest BCUT2D eigenvalue weighted by Gasteiger charge is 2.14. The summed E-state index contributed by atoms with van der Waals surface area (Å²) in [6.45, 7) is 4.62. The zero-order chi connectivity index (χ0) is 14.7. The number of carbonyl (C=O) groups excluding carboxylic acids is 1. The molecule has 0 saturated heterocycles. The zero-order valence-electron chi connectivity index (χ0n) is 11.5. The molecular formula is C15H17BrN2O2. The number of halogens is 1. The average molecular weight is 337 g/mol. The molecule has 0 spiro atoms. The molecule has 0 saturated carbocycles. The molecule has 0 aliphatic rings. The first-order valence-corrected chi connectivity index (χ1v) is 7.27. The van der Waals surface area contributed by atoms with Crippen LogP contribution in [0.3, 0.4) is 0 Å². The molecule has 1 amide bonds. The number of hydrogen-bond acceptors (Lipinski definition) is 2. The van der Waals surface area contributed by atoms with Crippen molar-refractivity contribution in [3.05, 3.63) is 46.2 Å². The molecule has 5 heteroatoms. The number of amides is 1. The van der Waals surface area contributed by atoms with Gasteiger partial charge in [-0.05, 0) is 47.5 Å². The Morgan fingerprint density at radius 2 is 2.20 bits per heavy atom. The highest BCUT2D eigenvalue weighted by molar-refractivity contribution is 9.10. The summed E-state index contributed by atoms with van der Waals surface area (Å²) in [5, 5.41) is 12.5. The predicted octanol–water partition coefficient (Wildman–Crippen LogP) is 3.93. The van der Waals surface area contributed by atoms with Gasteiger partial charge in [0.1, 0.15) is 11.4 Å². The van der Waals surface area contributed by atoms with Gasteiger partial charge < -0.3 is 15.0 Å². The number of rotatable bonds is 4. The fourth-order valence-electron chi connectivity index (χ4n) is 2.04. The number of aryl methyl sites for hydroxylation is 1. The largest absolute Gasteiger partial charge is 0.508 e. The van der Waals surface area contributed by atoms with Gasteiger partial charge in [0.15, 0.2) is 0 Å². The predicted molar refractivity (Wildman–Crippen MR) is 83.2 cm³/mol. The number of phenols is 1. The van der Waals surface area contributed by atoms with E-state index in [4.69, 9.17) is 0 Å². The molecule has 2 rings (SSSR count). The molecule has 1 aromatic heterocycles. The van der Waals surface area contributed by atoms with Gasteiger partial charge in [0.05, 0.1) is 0 Å². The number of benzene rings is 1. The summed E-state index contributed by atoms with van der Waals surface area (Å²) in [5.74, 6) is -0.00854. The Hall–Kier alpha value is -1.75. The fraction of sp³-hybridized carbons (Fsp3) is 0.267. The molecule has 106 valence electrons.